The molecular formula is C19H26N2O4. The van der Waals surface area contributed by atoms with Crippen molar-refractivity contribution in [3.8, 4) is 0 Å². The molecule has 0 radical (unpaired) electrons. The predicted molar refractivity (Wildman–Crippen MR) is 90.7 cm³/mol. The Labute approximate surface area is 148 Å². The zero-order valence-electron chi connectivity index (χ0n) is 14.8. The number of piperidine rings is 1. The standard InChI is InChI=1S/C19H26N2O4/c1-13-4-7-17(25-13)16-12-24-10-9-21(16)19(23)15-3-2-8-20(11-15)18(22)14-5-6-14/h4,7,14-16H,2-3,5-6,8-12H2,1H3/t15-,16+/m1/s1. The molecule has 1 aliphatic carbocycles. The van der Waals surface area contributed by atoms with Gasteiger partial charge >= 0.3 is 0 Å². The van der Waals surface area contributed by atoms with Gasteiger partial charge in [0.05, 0.1) is 19.1 Å². The van der Waals surface area contributed by atoms with Crippen molar-refractivity contribution in [3.05, 3.63) is 23.7 Å². The van der Waals surface area contributed by atoms with E-state index in [2.05, 4.69) is 0 Å². The molecule has 3 aliphatic rings. The monoisotopic (exact) mass is 346 g/mol. The molecule has 25 heavy (non-hydrogen) atoms. The van der Waals surface area contributed by atoms with Gasteiger partial charge in [-0.2, -0.15) is 0 Å². The number of morpholine rings is 1. The van der Waals surface area contributed by atoms with E-state index < -0.39 is 0 Å². The number of ether oxygens (including phenoxy) is 1. The van der Waals surface area contributed by atoms with Crippen LogP contribution in [0, 0.1) is 18.8 Å². The predicted octanol–water partition coefficient (Wildman–Crippen LogP) is 2.14. The van der Waals surface area contributed by atoms with Crippen molar-refractivity contribution in [1.29, 1.82) is 0 Å². The highest BCUT2D eigenvalue weighted by atomic mass is 16.5. The lowest BCUT2D eigenvalue weighted by molar-refractivity contribution is -0.149. The van der Waals surface area contributed by atoms with Crippen molar-refractivity contribution in [2.45, 2.75) is 38.6 Å². The maximum atomic E-state index is 13.2. The molecule has 1 aromatic rings. The van der Waals surface area contributed by atoms with Gasteiger partial charge in [0.15, 0.2) is 0 Å². The Morgan fingerprint density at radius 2 is 1.92 bits per heavy atom. The van der Waals surface area contributed by atoms with Crippen LogP contribution < -0.4 is 0 Å². The lowest BCUT2D eigenvalue weighted by Crippen LogP contribution is -2.50. The van der Waals surface area contributed by atoms with Crippen molar-refractivity contribution in [2.75, 3.05) is 32.8 Å². The number of furan rings is 1. The zero-order chi connectivity index (χ0) is 17.4. The minimum atomic E-state index is -0.163. The van der Waals surface area contributed by atoms with Gasteiger partial charge in [0.25, 0.3) is 0 Å². The fraction of sp³-hybridized carbons (Fsp3) is 0.684. The Kier molecular flexibility index (Phi) is 4.54. The molecule has 0 aromatic carbocycles. The molecule has 1 aromatic heterocycles. The van der Waals surface area contributed by atoms with Crippen LogP contribution in [0.4, 0.5) is 0 Å². The molecule has 0 spiro atoms. The lowest BCUT2D eigenvalue weighted by atomic mass is 9.95. The molecule has 2 aliphatic heterocycles. The topological polar surface area (TPSA) is 63.0 Å². The molecule has 1 saturated carbocycles. The van der Waals surface area contributed by atoms with E-state index in [1.165, 1.54) is 0 Å². The Bertz CT molecular complexity index is 652. The molecule has 0 N–H and O–H groups in total. The number of likely N-dealkylation sites (tertiary alicyclic amines) is 1. The van der Waals surface area contributed by atoms with Gasteiger partial charge in [0.2, 0.25) is 11.8 Å². The van der Waals surface area contributed by atoms with Crippen LogP contribution in [-0.2, 0) is 14.3 Å². The maximum Gasteiger partial charge on any atom is 0.228 e. The summed E-state index contributed by atoms with van der Waals surface area (Å²) in [6, 6.07) is 3.69. The second-order valence-corrected chi connectivity index (χ2v) is 7.47. The van der Waals surface area contributed by atoms with Crippen LogP contribution in [0.2, 0.25) is 0 Å². The highest BCUT2D eigenvalue weighted by Crippen LogP contribution is 2.34. The van der Waals surface area contributed by atoms with E-state index in [-0.39, 0.29) is 29.7 Å². The number of carbonyl (C=O) groups excluding carboxylic acids is 2. The van der Waals surface area contributed by atoms with Gasteiger partial charge in [-0.3, -0.25) is 9.59 Å². The fourth-order valence-electron chi connectivity index (χ4n) is 3.94. The number of aryl methyl sites for hydroxylation is 1. The van der Waals surface area contributed by atoms with Crippen molar-refractivity contribution in [3.63, 3.8) is 0 Å². The van der Waals surface area contributed by atoms with E-state index in [4.69, 9.17) is 9.15 Å². The van der Waals surface area contributed by atoms with Crippen molar-refractivity contribution in [2.24, 2.45) is 11.8 Å². The largest absolute Gasteiger partial charge is 0.464 e. The summed E-state index contributed by atoms with van der Waals surface area (Å²) in [7, 11) is 0. The highest BCUT2D eigenvalue weighted by molar-refractivity contribution is 5.83. The van der Waals surface area contributed by atoms with Gasteiger partial charge in [-0.25, -0.2) is 0 Å². The molecule has 6 heteroatoms. The lowest BCUT2D eigenvalue weighted by Gasteiger charge is -2.39. The van der Waals surface area contributed by atoms with E-state index in [9.17, 15) is 9.59 Å². The summed E-state index contributed by atoms with van der Waals surface area (Å²) in [4.78, 5) is 29.4. The number of hydrogen-bond donors (Lipinski definition) is 0. The Hall–Kier alpha value is -1.82. The smallest absolute Gasteiger partial charge is 0.228 e. The molecule has 2 saturated heterocycles. The number of carbonyl (C=O) groups is 2. The Balaban J connectivity index is 1.46. The first kappa shape index (κ1) is 16.6. The average Bonchev–Trinajstić information content (AvgIpc) is 3.41. The van der Waals surface area contributed by atoms with Gasteiger partial charge in [-0.15, -0.1) is 0 Å². The van der Waals surface area contributed by atoms with E-state index in [0.717, 1.165) is 43.7 Å². The number of hydrogen-bond acceptors (Lipinski definition) is 4. The molecule has 6 nitrogen and oxygen atoms in total. The highest BCUT2D eigenvalue weighted by Gasteiger charge is 2.39. The van der Waals surface area contributed by atoms with Gasteiger partial charge in [-0.1, -0.05) is 0 Å². The third-order valence-electron chi connectivity index (χ3n) is 5.51. The zero-order valence-corrected chi connectivity index (χ0v) is 14.8. The molecule has 4 rings (SSSR count). The van der Waals surface area contributed by atoms with Gasteiger partial charge in [0, 0.05) is 25.6 Å². The molecule has 3 fully saturated rings. The van der Waals surface area contributed by atoms with Crippen LogP contribution in [0.15, 0.2) is 16.5 Å². The average molecular weight is 346 g/mol. The number of amides is 2. The van der Waals surface area contributed by atoms with E-state index in [1.54, 1.807) is 0 Å². The number of nitrogens with zero attached hydrogens (tertiary/aromatic N) is 2. The Morgan fingerprint density at radius 3 is 2.64 bits per heavy atom. The van der Waals surface area contributed by atoms with E-state index in [0.29, 0.717) is 26.3 Å². The second kappa shape index (κ2) is 6.83. The van der Waals surface area contributed by atoms with Crippen LogP contribution in [0.3, 0.4) is 0 Å². The van der Waals surface area contributed by atoms with Crippen molar-refractivity contribution >= 4 is 11.8 Å². The third kappa shape index (κ3) is 3.45. The SMILES string of the molecule is Cc1ccc([C@@H]2COCCN2C(=O)[C@@H]2CCCN(C(=O)C3CC3)C2)o1. The van der Waals surface area contributed by atoms with Crippen LogP contribution in [0.25, 0.3) is 0 Å². The summed E-state index contributed by atoms with van der Waals surface area (Å²) >= 11 is 0. The molecule has 2 amide bonds. The summed E-state index contributed by atoms with van der Waals surface area (Å²) in [5, 5.41) is 0. The summed E-state index contributed by atoms with van der Waals surface area (Å²) in [6.07, 6.45) is 3.78. The summed E-state index contributed by atoms with van der Waals surface area (Å²) < 4.78 is 11.3. The van der Waals surface area contributed by atoms with Crippen molar-refractivity contribution in [1.82, 2.24) is 9.80 Å². The minimum Gasteiger partial charge on any atom is -0.464 e. The molecular weight excluding hydrogens is 320 g/mol. The molecule has 136 valence electrons. The Morgan fingerprint density at radius 1 is 1.08 bits per heavy atom. The molecule has 0 bridgehead atoms. The maximum absolute atomic E-state index is 13.2. The minimum absolute atomic E-state index is 0.104. The first-order valence-electron chi connectivity index (χ1n) is 9.37. The van der Waals surface area contributed by atoms with Crippen LogP contribution in [0.5, 0.6) is 0 Å². The van der Waals surface area contributed by atoms with Crippen LogP contribution >= 0.6 is 0 Å². The van der Waals surface area contributed by atoms with E-state index >= 15 is 0 Å². The first-order chi connectivity index (χ1) is 12.1. The summed E-state index contributed by atoms with van der Waals surface area (Å²) in [6.45, 7) is 4.87. The quantitative estimate of drug-likeness (QED) is 0.841. The van der Waals surface area contributed by atoms with E-state index in [1.807, 2.05) is 28.9 Å². The normalized spacial score (nSPS) is 27.4. The van der Waals surface area contributed by atoms with Gasteiger partial charge < -0.3 is 19.0 Å². The fourth-order valence-corrected chi connectivity index (χ4v) is 3.94. The second-order valence-electron chi connectivity index (χ2n) is 7.47. The van der Waals surface area contributed by atoms with Crippen molar-refractivity contribution < 1.29 is 18.7 Å². The summed E-state index contributed by atoms with van der Waals surface area (Å²) in [5.41, 5.74) is 0. The van der Waals surface area contributed by atoms with Gasteiger partial charge in [-0.05, 0) is 44.7 Å². The summed E-state index contributed by atoms with van der Waals surface area (Å²) in [5.74, 6) is 2.12. The molecule has 3 heterocycles. The van der Waals surface area contributed by atoms with Crippen LogP contribution in [0.1, 0.15) is 43.2 Å². The third-order valence-corrected chi connectivity index (χ3v) is 5.51. The van der Waals surface area contributed by atoms with Crippen LogP contribution in [-0.4, -0.2) is 54.5 Å². The van der Waals surface area contributed by atoms with Gasteiger partial charge in [0.1, 0.15) is 17.6 Å². The molecule has 0 unspecified atom stereocenters. The number of rotatable bonds is 3. The molecule has 2 atom stereocenters. The first-order valence-corrected chi connectivity index (χ1v) is 9.37.